The lowest BCUT2D eigenvalue weighted by molar-refractivity contribution is -0.123. The standard InChI is InChI=1S/C24H32F2N2O3S/c1-16(2)23(29)27-13-12-19-6-7-20(14-22(19)25)18-8-10-21(11-9-18)24(5,26)15-28-32(30,31)17(3)4/h6-11,14,16-17,28H,12-13,15H2,1-5H3,(H,27,29). The van der Waals surface area contributed by atoms with Crippen LogP contribution in [-0.4, -0.2) is 32.7 Å². The van der Waals surface area contributed by atoms with E-state index in [2.05, 4.69) is 10.0 Å². The number of alkyl halides is 1. The molecule has 176 valence electrons. The molecular weight excluding hydrogens is 434 g/mol. The monoisotopic (exact) mass is 466 g/mol. The van der Waals surface area contributed by atoms with E-state index >= 15 is 4.39 Å². The van der Waals surface area contributed by atoms with Crippen LogP contribution < -0.4 is 10.0 Å². The summed E-state index contributed by atoms with van der Waals surface area (Å²) in [6, 6.07) is 11.4. The Hall–Kier alpha value is -2.32. The molecule has 1 unspecified atom stereocenters. The van der Waals surface area contributed by atoms with Gasteiger partial charge in [0.1, 0.15) is 11.5 Å². The predicted octanol–water partition coefficient (Wildman–Crippen LogP) is 4.32. The van der Waals surface area contributed by atoms with E-state index in [0.29, 0.717) is 35.2 Å². The summed E-state index contributed by atoms with van der Waals surface area (Å²) in [4.78, 5) is 11.6. The number of halogens is 2. The maximum atomic E-state index is 15.1. The van der Waals surface area contributed by atoms with Gasteiger partial charge in [-0.1, -0.05) is 50.2 Å². The molecule has 32 heavy (non-hydrogen) atoms. The van der Waals surface area contributed by atoms with Crippen molar-refractivity contribution in [1.82, 2.24) is 10.0 Å². The molecule has 0 heterocycles. The van der Waals surface area contributed by atoms with Gasteiger partial charge in [0, 0.05) is 19.0 Å². The normalized spacial score (nSPS) is 13.9. The van der Waals surface area contributed by atoms with Gasteiger partial charge in [0.25, 0.3) is 0 Å². The van der Waals surface area contributed by atoms with Crippen molar-refractivity contribution in [2.24, 2.45) is 5.92 Å². The molecule has 2 aromatic rings. The van der Waals surface area contributed by atoms with Gasteiger partial charge in [-0.25, -0.2) is 21.9 Å². The van der Waals surface area contributed by atoms with Gasteiger partial charge in [-0.3, -0.25) is 4.79 Å². The van der Waals surface area contributed by atoms with Gasteiger partial charge < -0.3 is 5.32 Å². The van der Waals surface area contributed by atoms with Crippen molar-refractivity contribution in [2.45, 2.75) is 52.0 Å². The van der Waals surface area contributed by atoms with Crippen molar-refractivity contribution in [1.29, 1.82) is 0 Å². The van der Waals surface area contributed by atoms with Gasteiger partial charge in [-0.2, -0.15) is 0 Å². The molecule has 0 spiro atoms. The molecule has 0 saturated heterocycles. The fourth-order valence-corrected chi connectivity index (χ4v) is 3.77. The Morgan fingerprint density at radius 2 is 1.62 bits per heavy atom. The second-order valence-electron chi connectivity index (χ2n) is 8.69. The van der Waals surface area contributed by atoms with Gasteiger partial charge in [0.15, 0.2) is 0 Å². The number of benzene rings is 2. The van der Waals surface area contributed by atoms with Gasteiger partial charge >= 0.3 is 0 Å². The number of rotatable bonds is 10. The maximum Gasteiger partial charge on any atom is 0.222 e. The lowest BCUT2D eigenvalue weighted by Crippen LogP contribution is -2.39. The van der Waals surface area contributed by atoms with E-state index in [9.17, 15) is 17.6 Å². The highest BCUT2D eigenvalue weighted by atomic mass is 32.2. The number of nitrogens with one attached hydrogen (secondary N) is 2. The summed E-state index contributed by atoms with van der Waals surface area (Å²) in [5.74, 6) is -0.561. The van der Waals surface area contributed by atoms with Crippen LogP contribution in [0.15, 0.2) is 42.5 Å². The summed E-state index contributed by atoms with van der Waals surface area (Å²) < 4.78 is 55.7. The fourth-order valence-electron chi connectivity index (χ4n) is 2.97. The zero-order chi connectivity index (χ0) is 24.1. The molecule has 0 aromatic heterocycles. The smallest absolute Gasteiger partial charge is 0.222 e. The topological polar surface area (TPSA) is 75.3 Å². The number of amides is 1. The highest BCUT2D eigenvalue weighted by molar-refractivity contribution is 7.90. The van der Waals surface area contributed by atoms with E-state index in [1.807, 2.05) is 0 Å². The van der Waals surface area contributed by atoms with Crippen LogP contribution >= 0.6 is 0 Å². The van der Waals surface area contributed by atoms with E-state index in [4.69, 9.17) is 0 Å². The van der Waals surface area contributed by atoms with Crippen molar-refractivity contribution in [2.75, 3.05) is 13.1 Å². The Morgan fingerprint density at radius 3 is 2.16 bits per heavy atom. The third-order valence-corrected chi connectivity index (χ3v) is 7.11. The van der Waals surface area contributed by atoms with Crippen LogP contribution in [0.1, 0.15) is 45.7 Å². The predicted molar refractivity (Wildman–Crippen MR) is 124 cm³/mol. The Balaban J connectivity index is 2.07. The number of carbonyl (C=O) groups is 1. The molecule has 0 bridgehead atoms. The van der Waals surface area contributed by atoms with E-state index in [1.54, 1.807) is 50.2 Å². The summed E-state index contributed by atoms with van der Waals surface area (Å²) in [6.45, 7) is 7.95. The molecule has 8 heteroatoms. The largest absolute Gasteiger partial charge is 0.356 e. The van der Waals surface area contributed by atoms with Gasteiger partial charge in [0.2, 0.25) is 15.9 Å². The average Bonchev–Trinajstić information content (AvgIpc) is 2.73. The fraction of sp³-hybridized carbons (Fsp3) is 0.458. The first-order chi connectivity index (χ1) is 14.8. The quantitative estimate of drug-likeness (QED) is 0.548. The van der Waals surface area contributed by atoms with Gasteiger partial charge in [-0.05, 0) is 55.5 Å². The summed E-state index contributed by atoms with van der Waals surface area (Å²) in [6.07, 6.45) is 0.385. The molecule has 0 fully saturated rings. The van der Waals surface area contributed by atoms with Crippen molar-refractivity contribution < 1.29 is 22.0 Å². The third kappa shape index (κ3) is 6.84. The molecule has 2 aromatic carbocycles. The van der Waals surface area contributed by atoms with Crippen LogP contribution in [0.4, 0.5) is 8.78 Å². The number of carbonyl (C=O) groups excluding carboxylic acids is 1. The summed E-state index contributed by atoms with van der Waals surface area (Å²) in [5, 5.41) is 2.12. The molecule has 0 saturated carbocycles. The van der Waals surface area contributed by atoms with Crippen molar-refractivity contribution in [3.05, 3.63) is 59.4 Å². The molecular formula is C24H32F2N2O3S. The Labute approximate surface area is 189 Å². The molecule has 1 amide bonds. The first-order valence-corrected chi connectivity index (χ1v) is 12.2. The number of hydrogen-bond donors (Lipinski definition) is 2. The second kappa shape index (κ2) is 10.5. The zero-order valence-corrected chi connectivity index (χ0v) is 20.0. The Bertz CT molecular complexity index is 1030. The first kappa shape index (κ1) is 25.9. The lowest BCUT2D eigenvalue weighted by Gasteiger charge is -2.22. The van der Waals surface area contributed by atoms with E-state index in [0.717, 1.165) is 0 Å². The van der Waals surface area contributed by atoms with Crippen molar-refractivity contribution in [3.63, 3.8) is 0 Å². The maximum absolute atomic E-state index is 15.1. The number of sulfonamides is 1. The Morgan fingerprint density at radius 1 is 1.03 bits per heavy atom. The second-order valence-corrected chi connectivity index (χ2v) is 11.0. The Kier molecular flexibility index (Phi) is 8.54. The van der Waals surface area contributed by atoms with E-state index in [1.165, 1.54) is 26.8 Å². The zero-order valence-electron chi connectivity index (χ0n) is 19.2. The van der Waals surface area contributed by atoms with E-state index < -0.39 is 20.9 Å². The van der Waals surface area contributed by atoms with Crippen LogP contribution in [0.3, 0.4) is 0 Å². The molecule has 0 aliphatic carbocycles. The minimum Gasteiger partial charge on any atom is -0.356 e. The molecule has 0 aliphatic heterocycles. The minimum absolute atomic E-state index is 0.0704. The summed E-state index contributed by atoms with van der Waals surface area (Å²) in [5.41, 5.74) is 0.292. The molecule has 1 atom stereocenters. The van der Waals surface area contributed by atoms with Crippen molar-refractivity contribution >= 4 is 15.9 Å². The van der Waals surface area contributed by atoms with E-state index in [-0.39, 0.29) is 24.2 Å². The molecule has 5 nitrogen and oxygen atoms in total. The minimum atomic E-state index is -3.57. The van der Waals surface area contributed by atoms with Crippen LogP contribution in [-0.2, 0) is 26.9 Å². The van der Waals surface area contributed by atoms with Crippen LogP contribution in [0.25, 0.3) is 11.1 Å². The highest BCUT2D eigenvalue weighted by Gasteiger charge is 2.29. The molecule has 2 N–H and O–H groups in total. The SMILES string of the molecule is CC(C)C(=O)NCCc1ccc(-c2ccc(C(C)(F)CNS(=O)(=O)C(C)C)cc2)cc1F. The average molecular weight is 467 g/mol. The van der Waals surface area contributed by atoms with Crippen LogP contribution in [0.2, 0.25) is 0 Å². The summed E-state index contributed by atoms with van der Waals surface area (Å²) in [7, 11) is -3.57. The summed E-state index contributed by atoms with van der Waals surface area (Å²) >= 11 is 0. The van der Waals surface area contributed by atoms with Crippen LogP contribution in [0, 0.1) is 11.7 Å². The van der Waals surface area contributed by atoms with Crippen molar-refractivity contribution in [3.8, 4) is 11.1 Å². The third-order valence-electron chi connectivity index (χ3n) is 5.32. The van der Waals surface area contributed by atoms with Gasteiger partial charge in [0.05, 0.1) is 5.25 Å². The van der Waals surface area contributed by atoms with Crippen LogP contribution in [0.5, 0.6) is 0 Å². The molecule has 0 aliphatic rings. The lowest BCUT2D eigenvalue weighted by atomic mass is 9.95. The highest BCUT2D eigenvalue weighted by Crippen LogP contribution is 2.29. The molecule has 0 radical (unpaired) electrons. The van der Waals surface area contributed by atoms with Gasteiger partial charge in [-0.15, -0.1) is 0 Å². The molecule has 2 rings (SSSR count). The number of hydrogen-bond acceptors (Lipinski definition) is 3. The first-order valence-electron chi connectivity index (χ1n) is 10.7.